The first-order valence-electron chi connectivity index (χ1n) is 20.3. The lowest BCUT2D eigenvalue weighted by Gasteiger charge is -2.18. The van der Waals surface area contributed by atoms with Crippen LogP contribution in [0.15, 0.2) is 223 Å². The molecule has 0 fully saturated rings. The van der Waals surface area contributed by atoms with Crippen LogP contribution in [0, 0.1) is 0 Å². The SMILES string of the molecule is c1ccc(-c2cccc3oc4ccccc4c23)c(-c2ccc(-c3c4ccccc4c(-c4ccc(-c5cc6ccccc6c6ccccc56)cc4)c4ccccc34)cc2)c1. The molecule has 0 aliphatic rings. The van der Waals surface area contributed by atoms with Crippen LogP contribution in [0.5, 0.6) is 0 Å². The topological polar surface area (TPSA) is 13.1 Å². The molecule has 1 heteroatoms. The zero-order valence-electron chi connectivity index (χ0n) is 32.2. The Kier molecular flexibility index (Phi) is 7.61. The van der Waals surface area contributed by atoms with Crippen molar-refractivity contribution >= 4 is 65.0 Å². The second-order valence-corrected chi connectivity index (χ2v) is 15.5. The summed E-state index contributed by atoms with van der Waals surface area (Å²) in [7, 11) is 0. The van der Waals surface area contributed by atoms with Crippen molar-refractivity contribution in [3.63, 3.8) is 0 Å². The largest absolute Gasteiger partial charge is 0.456 e. The smallest absolute Gasteiger partial charge is 0.136 e. The molecule has 1 nitrogen and oxygen atoms in total. The Balaban J connectivity index is 0.975. The highest BCUT2D eigenvalue weighted by Gasteiger charge is 2.19. The van der Waals surface area contributed by atoms with Gasteiger partial charge in [-0.2, -0.15) is 0 Å². The Bertz CT molecular complexity index is 3530. The Labute approximate surface area is 342 Å². The number of rotatable bonds is 5. The van der Waals surface area contributed by atoms with Gasteiger partial charge in [0.15, 0.2) is 0 Å². The summed E-state index contributed by atoms with van der Waals surface area (Å²) < 4.78 is 6.28. The number of hydrogen-bond acceptors (Lipinski definition) is 1. The molecule has 1 heterocycles. The maximum absolute atomic E-state index is 6.28. The van der Waals surface area contributed by atoms with Gasteiger partial charge in [0.1, 0.15) is 11.2 Å². The van der Waals surface area contributed by atoms with Crippen LogP contribution in [0.25, 0.3) is 121 Å². The van der Waals surface area contributed by atoms with Gasteiger partial charge < -0.3 is 4.42 Å². The number of benzene rings is 11. The van der Waals surface area contributed by atoms with E-state index in [-0.39, 0.29) is 0 Å². The van der Waals surface area contributed by atoms with Crippen LogP contribution in [-0.4, -0.2) is 0 Å². The average molecular weight is 749 g/mol. The third-order valence-electron chi connectivity index (χ3n) is 12.3. The Hall–Kier alpha value is -7.74. The third-order valence-corrected chi connectivity index (χ3v) is 12.3. The fourth-order valence-corrected chi connectivity index (χ4v) is 9.65. The molecule has 0 aliphatic heterocycles. The Morgan fingerprint density at radius 1 is 0.237 bits per heavy atom. The summed E-state index contributed by atoms with van der Waals surface area (Å²) in [6.45, 7) is 0. The molecule has 0 radical (unpaired) electrons. The van der Waals surface area contributed by atoms with E-state index in [4.69, 9.17) is 4.42 Å². The average Bonchev–Trinajstić information content (AvgIpc) is 3.70. The number of furan rings is 1. The van der Waals surface area contributed by atoms with Crippen LogP contribution in [0.4, 0.5) is 0 Å². The molecule has 1 aromatic heterocycles. The van der Waals surface area contributed by atoms with E-state index in [9.17, 15) is 0 Å². The van der Waals surface area contributed by atoms with Gasteiger partial charge in [0.05, 0.1) is 0 Å². The summed E-state index contributed by atoms with van der Waals surface area (Å²) in [4.78, 5) is 0. The fraction of sp³-hybridized carbons (Fsp3) is 0. The highest BCUT2D eigenvalue weighted by molar-refractivity contribution is 6.22. The molecule has 0 atom stereocenters. The summed E-state index contributed by atoms with van der Waals surface area (Å²) >= 11 is 0. The maximum atomic E-state index is 6.28. The molecule has 0 amide bonds. The molecule has 0 unspecified atom stereocenters. The van der Waals surface area contributed by atoms with Gasteiger partial charge in [-0.05, 0) is 117 Å². The van der Waals surface area contributed by atoms with Gasteiger partial charge in [-0.25, -0.2) is 0 Å². The summed E-state index contributed by atoms with van der Waals surface area (Å²) in [5.74, 6) is 0. The summed E-state index contributed by atoms with van der Waals surface area (Å²) in [6, 6.07) is 79.5. The predicted octanol–water partition coefficient (Wildman–Crippen LogP) is 16.5. The highest BCUT2D eigenvalue weighted by Crippen LogP contribution is 2.46. The summed E-state index contributed by atoms with van der Waals surface area (Å²) in [5.41, 5.74) is 14.0. The van der Waals surface area contributed by atoms with Crippen LogP contribution in [0.1, 0.15) is 0 Å². The molecular formula is C58H36O. The van der Waals surface area contributed by atoms with E-state index in [2.05, 4.69) is 206 Å². The van der Waals surface area contributed by atoms with Crippen molar-refractivity contribution in [2.45, 2.75) is 0 Å². The quantitative estimate of drug-likeness (QED) is 0.126. The van der Waals surface area contributed by atoms with Crippen molar-refractivity contribution in [1.29, 1.82) is 0 Å². The predicted molar refractivity (Wildman–Crippen MR) is 251 cm³/mol. The summed E-state index contributed by atoms with van der Waals surface area (Å²) in [5, 5.41) is 12.4. The number of fused-ring (bicyclic) bond motifs is 8. The van der Waals surface area contributed by atoms with Gasteiger partial charge in [-0.15, -0.1) is 0 Å². The summed E-state index contributed by atoms with van der Waals surface area (Å²) in [6.07, 6.45) is 0. The lowest BCUT2D eigenvalue weighted by Crippen LogP contribution is -1.91. The Morgan fingerprint density at radius 2 is 0.661 bits per heavy atom. The molecule has 274 valence electrons. The molecule has 11 aromatic carbocycles. The van der Waals surface area contributed by atoms with Crippen LogP contribution in [0.2, 0.25) is 0 Å². The number of para-hydroxylation sites is 1. The molecule has 59 heavy (non-hydrogen) atoms. The monoisotopic (exact) mass is 748 g/mol. The van der Waals surface area contributed by atoms with E-state index >= 15 is 0 Å². The van der Waals surface area contributed by atoms with Crippen molar-refractivity contribution in [2.75, 3.05) is 0 Å². The van der Waals surface area contributed by atoms with Gasteiger partial charge in [0.2, 0.25) is 0 Å². The van der Waals surface area contributed by atoms with Gasteiger partial charge in [-0.3, -0.25) is 0 Å². The van der Waals surface area contributed by atoms with Crippen LogP contribution >= 0.6 is 0 Å². The zero-order valence-corrected chi connectivity index (χ0v) is 32.2. The maximum Gasteiger partial charge on any atom is 0.136 e. The zero-order chi connectivity index (χ0) is 38.9. The molecule has 0 bridgehead atoms. The van der Waals surface area contributed by atoms with E-state index in [0.29, 0.717) is 0 Å². The number of hydrogen-bond donors (Lipinski definition) is 0. The molecule has 0 saturated heterocycles. The minimum Gasteiger partial charge on any atom is -0.456 e. The van der Waals surface area contributed by atoms with Gasteiger partial charge >= 0.3 is 0 Å². The lowest BCUT2D eigenvalue weighted by molar-refractivity contribution is 0.669. The fourth-order valence-electron chi connectivity index (χ4n) is 9.65. The minimum atomic E-state index is 0.908. The molecular weight excluding hydrogens is 713 g/mol. The first-order valence-corrected chi connectivity index (χ1v) is 20.3. The van der Waals surface area contributed by atoms with E-state index in [1.807, 2.05) is 12.1 Å². The lowest BCUT2D eigenvalue weighted by atomic mass is 9.85. The van der Waals surface area contributed by atoms with Gasteiger partial charge in [0.25, 0.3) is 0 Å². The van der Waals surface area contributed by atoms with Crippen molar-refractivity contribution in [3.05, 3.63) is 218 Å². The molecule has 0 N–H and O–H groups in total. The van der Waals surface area contributed by atoms with Crippen molar-refractivity contribution in [3.8, 4) is 55.6 Å². The normalized spacial score (nSPS) is 11.7. The molecule has 12 rings (SSSR count). The van der Waals surface area contributed by atoms with Crippen LogP contribution in [0.3, 0.4) is 0 Å². The second-order valence-electron chi connectivity index (χ2n) is 15.5. The minimum absolute atomic E-state index is 0.908. The molecule has 0 saturated carbocycles. The van der Waals surface area contributed by atoms with E-state index in [0.717, 1.165) is 21.9 Å². The second kappa shape index (κ2) is 13.4. The first kappa shape index (κ1) is 33.4. The van der Waals surface area contributed by atoms with Crippen molar-refractivity contribution in [1.82, 2.24) is 0 Å². The Morgan fingerprint density at radius 3 is 1.29 bits per heavy atom. The van der Waals surface area contributed by atoms with E-state index in [1.165, 1.54) is 98.7 Å². The van der Waals surface area contributed by atoms with Crippen molar-refractivity contribution < 1.29 is 4.42 Å². The van der Waals surface area contributed by atoms with E-state index in [1.54, 1.807) is 0 Å². The van der Waals surface area contributed by atoms with Gasteiger partial charge in [-0.1, -0.05) is 200 Å². The standard InChI is InChI=1S/C58H36O/c1-2-16-43-41(14-1)36-53(46-19-6-5-17-44(43)46)38-30-34-40(35-31-38)57-50-22-9-7-20-48(50)56(49-21-8-10-23-51(49)57)39-32-28-37(29-33-39)42-15-3-4-18-45(42)47-25-13-27-55-58(47)52-24-11-12-26-54(52)59-55/h1-36H. The van der Waals surface area contributed by atoms with Gasteiger partial charge in [0, 0.05) is 10.8 Å². The van der Waals surface area contributed by atoms with E-state index < -0.39 is 0 Å². The highest BCUT2D eigenvalue weighted by atomic mass is 16.3. The van der Waals surface area contributed by atoms with Crippen LogP contribution < -0.4 is 0 Å². The molecule has 0 spiro atoms. The molecule has 12 aromatic rings. The van der Waals surface area contributed by atoms with Crippen molar-refractivity contribution in [2.24, 2.45) is 0 Å². The van der Waals surface area contributed by atoms with Crippen LogP contribution in [-0.2, 0) is 0 Å². The molecule has 0 aliphatic carbocycles. The first-order chi connectivity index (χ1) is 29.3. The third kappa shape index (κ3) is 5.33.